The van der Waals surface area contributed by atoms with Crippen molar-refractivity contribution in [2.45, 2.75) is 6.42 Å². The third kappa shape index (κ3) is 3.68. The summed E-state index contributed by atoms with van der Waals surface area (Å²) >= 11 is 0. The predicted molar refractivity (Wildman–Crippen MR) is 93.3 cm³/mol. The summed E-state index contributed by atoms with van der Waals surface area (Å²) in [6.07, 6.45) is 0.182. The number of esters is 1. The maximum absolute atomic E-state index is 12.4. The molecule has 1 atom stereocenters. The van der Waals surface area contributed by atoms with Crippen LogP contribution >= 0.6 is 0 Å². The van der Waals surface area contributed by atoms with Crippen molar-refractivity contribution in [3.05, 3.63) is 60.2 Å². The van der Waals surface area contributed by atoms with E-state index in [-0.39, 0.29) is 18.2 Å². The van der Waals surface area contributed by atoms with Gasteiger partial charge in [-0.3, -0.25) is 9.59 Å². The fourth-order valence-electron chi connectivity index (χ4n) is 2.79. The number of benzene rings is 2. The van der Waals surface area contributed by atoms with Crippen molar-refractivity contribution in [3.8, 4) is 0 Å². The monoisotopic (exact) mass is 338 g/mol. The topological polar surface area (TPSA) is 75.7 Å². The molecule has 128 valence electrons. The van der Waals surface area contributed by atoms with Crippen molar-refractivity contribution < 1.29 is 19.1 Å². The van der Waals surface area contributed by atoms with Crippen LogP contribution in [0, 0.1) is 5.92 Å². The van der Waals surface area contributed by atoms with E-state index in [0.29, 0.717) is 17.8 Å². The zero-order valence-electron chi connectivity index (χ0n) is 13.8. The van der Waals surface area contributed by atoms with E-state index in [2.05, 4.69) is 10.1 Å². The van der Waals surface area contributed by atoms with Crippen LogP contribution in [-0.4, -0.2) is 31.4 Å². The van der Waals surface area contributed by atoms with Crippen molar-refractivity contribution in [2.75, 3.05) is 23.9 Å². The first-order valence-electron chi connectivity index (χ1n) is 7.93. The largest absolute Gasteiger partial charge is 0.465 e. The summed E-state index contributed by atoms with van der Waals surface area (Å²) in [4.78, 5) is 37.7. The molecule has 2 amide bonds. The average Bonchev–Trinajstić information content (AvgIpc) is 3.04. The van der Waals surface area contributed by atoms with Gasteiger partial charge in [0.15, 0.2) is 0 Å². The lowest BCUT2D eigenvalue weighted by atomic mass is 10.1. The van der Waals surface area contributed by atoms with Crippen LogP contribution < -0.4 is 10.2 Å². The van der Waals surface area contributed by atoms with Crippen LogP contribution in [0.5, 0.6) is 0 Å². The summed E-state index contributed by atoms with van der Waals surface area (Å²) in [5, 5.41) is 2.79. The van der Waals surface area contributed by atoms with Gasteiger partial charge in [-0.1, -0.05) is 18.2 Å². The number of ether oxygens (including phenoxy) is 1. The molecule has 2 aromatic carbocycles. The molecule has 1 saturated heterocycles. The van der Waals surface area contributed by atoms with Gasteiger partial charge in [-0.2, -0.15) is 0 Å². The van der Waals surface area contributed by atoms with Gasteiger partial charge in [0, 0.05) is 24.3 Å². The van der Waals surface area contributed by atoms with Crippen LogP contribution in [0.1, 0.15) is 16.8 Å². The number of anilines is 2. The van der Waals surface area contributed by atoms with Gasteiger partial charge in [-0.05, 0) is 36.4 Å². The van der Waals surface area contributed by atoms with Gasteiger partial charge in [-0.25, -0.2) is 4.79 Å². The Hall–Kier alpha value is -3.15. The molecule has 0 aromatic heterocycles. The number of hydrogen-bond acceptors (Lipinski definition) is 4. The number of methoxy groups -OCH3 is 1. The quantitative estimate of drug-likeness (QED) is 0.869. The molecule has 3 rings (SSSR count). The molecule has 1 aliphatic heterocycles. The molecule has 1 N–H and O–H groups in total. The van der Waals surface area contributed by atoms with E-state index in [1.165, 1.54) is 7.11 Å². The molecule has 0 aliphatic carbocycles. The molecular formula is C19H18N2O4. The molecular weight excluding hydrogens is 320 g/mol. The van der Waals surface area contributed by atoms with Crippen LogP contribution in [0.15, 0.2) is 54.6 Å². The molecule has 1 unspecified atom stereocenters. The number of amides is 2. The molecule has 0 radical (unpaired) electrons. The summed E-state index contributed by atoms with van der Waals surface area (Å²) < 4.78 is 4.63. The second-order valence-corrected chi connectivity index (χ2v) is 5.80. The normalized spacial score (nSPS) is 16.6. The van der Waals surface area contributed by atoms with Crippen LogP contribution in [0.2, 0.25) is 0 Å². The SMILES string of the molecule is COC(=O)c1ccc(NC(=O)C2CC(=O)N(c3ccccc3)C2)cc1. The lowest BCUT2D eigenvalue weighted by Crippen LogP contribution is -2.28. The third-order valence-corrected chi connectivity index (χ3v) is 4.14. The smallest absolute Gasteiger partial charge is 0.337 e. The van der Waals surface area contributed by atoms with Gasteiger partial charge < -0.3 is 15.0 Å². The van der Waals surface area contributed by atoms with Gasteiger partial charge in [0.2, 0.25) is 11.8 Å². The highest BCUT2D eigenvalue weighted by Gasteiger charge is 2.35. The minimum Gasteiger partial charge on any atom is -0.465 e. The summed E-state index contributed by atoms with van der Waals surface area (Å²) in [6, 6.07) is 15.7. The van der Waals surface area contributed by atoms with Crippen molar-refractivity contribution in [2.24, 2.45) is 5.92 Å². The molecule has 6 heteroatoms. The average molecular weight is 338 g/mol. The number of hydrogen-bond donors (Lipinski definition) is 1. The summed E-state index contributed by atoms with van der Waals surface area (Å²) in [5.74, 6) is -1.12. The molecule has 0 bridgehead atoms. The number of nitrogens with one attached hydrogen (secondary N) is 1. The van der Waals surface area contributed by atoms with E-state index in [1.807, 2.05) is 30.3 Å². The van der Waals surface area contributed by atoms with Crippen LogP contribution in [0.4, 0.5) is 11.4 Å². The van der Waals surface area contributed by atoms with E-state index in [9.17, 15) is 14.4 Å². The fourth-order valence-corrected chi connectivity index (χ4v) is 2.79. The Morgan fingerprint density at radius 2 is 1.76 bits per heavy atom. The molecule has 1 aliphatic rings. The molecule has 2 aromatic rings. The first-order valence-corrected chi connectivity index (χ1v) is 7.93. The summed E-state index contributed by atoms with van der Waals surface area (Å²) in [5.41, 5.74) is 1.78. The molecule has 1 heterocycles. The zero-order chi connectivity index (χ0) is 17.8. The van der Waals surface area contributed by atoms with Crippen LogP contribution in [-0.2, 0) is 14.3 Å². The first-order chi connectivity index (χ1) is 12.1. The van der Waals surface area contributed by atoms with E-state index in [0.717, 1.165) is 5.69 Å². The van der Waals surface area contributed by atoms with E-state index >= 15 is 0 Å². The first kappa shape index (κ1) is 16.7. The fraction of sp³-hybridized carbons (Fsp3) is 0.211. The number of carbonyl (C=O) groups excluding carboxylic acids is 3. The van der Waals surface area contributed by atoms with E-state index in [4.69, 9.17) is 0 Å². The van der Waals surface area contributed by atoms with E-state index in [1.54, 1.807) is 29.2 Å². The van der Waals surface area contributed by atoms with Crippen molar-refractivity contribution in [3.63, 3.8) is 0 Å². The van der Waals surface area contributed by atoms with E-state index < -0.39 is 11.9 Å². The molecule has 0 saturated carbocycles. The Bertz CT molecular complexity index is 787. The second kappa shape index (κ2) is 7.17. The predicted octanol–water partition coefficient (Wildman–Crippen LogP) is 2.46. The minimum atomic E-state index is -0.433. The maximum Gasteiger partial charge on any atom is 0.337 e. The van der Waals surface area contributed by atoms with Gasteiger partial charge >= 0.3 is 5.97 Å². The van der Waals surface area contributed by atoms with Crippen molar-refractivity contribution >= 4 is 29.2 Å². The number of carbonyl (C=O) groups is 3. The Morgan fingerprint density at radius 3 is 2.40 bits per heavy atom. The number of rotatable bonds is 4. The minimum absolute atomic E-state index is 0.0626. The Labute approximate surface area is 145 Å². The Morgan fingerprint density at radius 1 is 1.08 bits per heavy atom. The lowest BCUT2D eigenvalue weighted by molar-refractivity contribution is -0.122. The van der Waals surface area contributed by atoms with Gasteiger partial charge in [0.1, 0.15) is 0 Å². The zero-order valence-corrected chi connectivity index (χ0v) is 13.8. The van der Waals surface area contributed by atoms with Crippen LogP contribution in [0.25, 0.3) is 0 Å². The summed E-state index contributed by atoms with van der Waals surface area (Å²) in [7, 11) is 1.31. The Balaban J connectivity index is 1.64. The highest BCUT2D eigenvalue weighted by atomic mass is 16.5. The molecule has 6 nitrogen and oxygen atoms in total. The van der Waals surface area contributed by atoms with Crippen molar-refractivity contribution in [1.82, 2.24) is 0 Å². The van der Waals surface area contributed by atoms with Crippen LogP contribution in [0.3, 0.4) is 0 Å². The highest BCUT2D eigenvalue weighted by molar-refractivity contribution is 6.03. The molecule has 1 fully saturated rings. The Kier molecular flexibility index (Phi) is 4.79. The lowest BCUT2D eigenvalue weighted by Gasteiger charge is -2.16. The number of nitrogens with zero attached hydrogens (tertiary/aromatic N) is 1. The van der Waals surface area contributed by atoms with Gasteiger partial charge in [0.25, 0.3) is 0 Å². The standard InChI is InChI=1S/C19H18N2O4/c1-25-19(24)13-7-9-15(10-8-13)20-18(23)14-11-17(22)21(12-14)16-5-3-2-4-6-16/h2-10,14H,11-12H2,1H3,(H,20,23). The molecule has 0 spiro atoms. The maximum atomic E-state index is 12.4. The summed E-state index contributed by atoms with van der Waals surface area (Å²) in [6.45, 7) is 0.356. The molecule has 25 heavy (non-hydrogen) atoms. The number of para-hydroxylation sites is 1. The second-order valence-electron chi connectivity index (χ2n) is 5.80. The van der Waals surface area contributed by atoms with Gasteiger partial charge in [-0.15, -0.1) is 0 Å². The van der Waals surface area contributed by atoms with Crippen molar-refractivity contribution in [1.29, 1.82) is 0 Å². The van der Waals surface area contributed by atoms with Gasteiger partial charge in [0.05, 0.1) is 18.6 Å². The third-order valence-electron chi connectivity index (χ3n) is 4.14. The highest BCUT2D eigenvalue weighted by Crippen LogP contribution is 2.25.